The first-order chi connectivity index (χ1) is 16.0. The molecule has 5 nitrogen and oxygen atoms in total. The second-order valence-corrected chi connectivity index (χ2v) is 8.84. The highest BCUT2D eigenvalue weighted by molar-refractivity contribution is 5.95. The van der Waals surface area contributed by atoms with E-state index in [-0.39, 0.29) is 17.9 Å². The molecule has 0 aliphatic heterocycles. The Morgan fingerprint density at radius 3 is 2.52 bits per heavy atom. The smallest absolute Gasteiger partial charge is 0.339 e. The predicted octanol–water partition coefficient (Wildman–Crippen LogP) is 5.94. The highest BCUT2D eigenvalue weighted by Crippen LogP contribution is 2.30. The number of esters is 1. The average molecular weight is 445 g/mol. The summed E-state index contributed by atoms with van der Waals surface area (Å²) in [6, 6.07) is 19.6. The molecule has 2 atom stereocenters. The second kappa shape index (κ2) is 10.1. The van der Waals surface area contributed by atoms with Crippen LogP contribution in [-0.2, 0) is 4.74 Å². The topological polar surface area (TPSA) is 60.3 Å². The Balaban J connectivity index is 1.72. The van der Waals surface area contributed by atoms with Gasteiger partial charge in [-0.05, 0) is 62.4 Å². The third-order valence-electron chi connectivity index (χ3n) is 6.61. The Bertz CT molecular complexity index is 1130. The zero-order valence-electron chi connectivity index (χ0n) is 19.6. The van der Waals surface area contributed by atoms with Crippen LogP contribution in [0.25, 0.3) is 16.9 Å². The molecule has 1 amide bonds. The van der Waals surface area contributed by atoms with Crippen molar-refractivity contribution in [2.75, 3.05) is 6.61 Å². The van der Waals surface area contributed by atoms with Gasteiger partial charge in [0.1, 0.15) is 0 Å². The monoisotopic (exact) mass is 444 g/mol. The molecule has 0 saturated heterocycles. The Labute approximate surface area is 195 Å². The van der Waals surface area contributed by atoms with Gasteiger partial charge in [-0.15, -0.1) is 0 Å². The fourth-order valence-corrected chi connectivity index (χ4v) is 4.75. The largest absolute Gasteiger partial charge is 0.462 e. The summed E-state index contributed by atoms with van der Waals surface area (Å²) in [5.41, 5.74) is 4.64. The van der Waals surface area contributed by atoms with Gasteiger partial charge in [-0.2, -0.15) is 0 Å². The van der Waals surface area contributed by atoms with Crippen LogP contribution in [-0.4, -0.2) is 29.1 Å². The van der Waals surface area contributed by atoms with Crippen molar-refractivity contribution in [1.29, 1.82) is 0 Å². The third-order valence-corrected chi connectivity index (χ3v) is 6.61. The molecular formula is C28H32N2O3. The van der Waals surface area contributed by atoms with Gasteiger partial charge in [0.25, 0.3) is 5.91 Å². The summed E-state index contributed by atoms with van der Waals surface area (Å²) < 4.78 is 7.32. The Hall–Kier alpha value is -3.34. The molecule has 0 bridgehead atoms. The van der Waals surface area contributed by atoms with E-state index in [4.69, 9.17) is 4.74 Å². The Kier molecular flexibility index (Phi) is 6.97. The molecule has 5 heteroatoms. The van der Waals surface area contributed by atoms with Crippen molar-refractivity contribution in [3.63, 3.8) is 0 Å². The van der Waals surface area contributed by atoms with Crippen molar-refractivity contribution in [2.24, 2.45) is 5.92 Å². The molecule has 1 N–H and O–H groups in total. The van der Waals surface area contributed by atoms with Gasteiger partial charge in [0, 0.05) is 23.0 Å². The number of hydrogen-bond acceptors (Lipinski definition) is 3. The van der Waals surface area contributed by atoms with Crippen LogP contribution in [0.3, 0.4) is 0 Å². The highest BCUT2D eigenvalue weighted by Gasteiger charge is 2.24. The molecule has 33 heavy (non-hydrogen) atoms. The maximum atomic E-state index is 13.1. The fraction of sp³-hybridized carbons (Fsp3) is 0.357. The lowest BCUT2D eigenvalue weighted by molar-refractivity contribution is 0.0525. The number of aromatic nitrogens is 1. The molecular weight excluding hydrogens is 412 g/mol. The van der Waals surface area contributed by atoms with E-state index in [0.717, 1.165) is 41.9 Å². The molecule has 172 valence electrons. The zero-order chi connectivity index (χ0) is 23.4. The van der Waals surface area contributed by atoms with Crippen molar-refractivity contribution in [1.82, 2.24) is 9.88 Å². The van der Waals surface area contributed by atoms with Crippen molar-refractivity contribution in [2.45, 2.75) is 52.5 Å². The second-order valence-electron chi connectivity index (χ2n) is 8.84. The van der Waals surface area contributed by atoms with Gasteiger partial charge in [0.2, 0.25) is 0 Å². The summed E-state index contributed by atoms with van der Waals surface area (Å²) in [5, 5.41) is 3.24. The molecule has 3 aromatic rings. The number of rotatable bonds is 6. The maximum absolute atomic E-state index is 13.1. The number of ether oxygens (including phenoxy) is 1. The Morgan fingerprint density at radius 2 is 1.79 bits per heavy atom. The van der Waals surface area contributed by atoms with Crippen molar-refractivity contribution in [3.05, 3.63) is 77.5 Å². The van der Waals surface area contributed by atoms with Crippen LogP contribution in [0.1, 0.15) is 65.9 Å². The van der Waals surface area contributed by atoms with E-state index in [1.54, 1.807) is 6.92 Å². The minimum Gasteiger partial charge on any atom is -0.462 e. The number of benzene rings is 2. The molecule has 2 unspecified atom stereocenters. The summed E-state index contributed by atoms with van der Waals surface area (Å²) in [6.07, 6.45) is 4.59. The van der Waals surface area contributed by atoms with Crippen LogP contribution >= 0.6 is 0 Å². The van der Waals surface area contributed by atoms with E-state index < -0.39 is 0 Å². The van der Waals surface area contributed by atoms with Gasteiger partial charge in [-0.3, -0.25) is 4.79 Å². The highest BCUT2D eigenvalue weighted by atomic mass is 16.5. The molecule has 2 aromatic carbocycles. The average Bonchev–Trinajstić information content (AvgIpc) is 3.18. The van der Waals surface area contributed by atoms with Crippen LogP contribution in [0.2, 0.25) is 0 Å². The number of nitrogens with one attached hydrogen (secondary N) is 1. The maximum Gasteiger partial charge on any atom is 0.339 e. The van der Waals surface area contributed by atoms with Crippen LogP contribution in [0.15, 0.2) is 60.7 Å². The van der Waals surface area contributed by atoms with Crippen molar-refractivity contribution >= 4 is 11.9 Å². The summed E-state index contributed by atoms with van der Waals surface area (Å²) in [5.74, 6) is 0.104. The van der Waals surface area contributed by atoms with Crippen LogP contribution in [0, 0.1) is 12.8 Å². The lowest BCUT2D eigenvalue weighted by Gasteiger charge is -2.29. The molecule has 1 aromatic heterocycles. The fourth-order valence-electron chi connectivity index (χ4n) is 4.75. The van der Waals surface area contributed by atoms with E-state index in [1.807, 2.05) is 72.2 Å². The Morgan fingerprint density at radius 1 is 1.03 bits per heavy atom. The van der Waals surface area contributed by atoms with E-state index in [2.05, 4.69) is 12.2 Å². The van der Waals surface area contributed by atoms with Gasteiger partial charge in [0.15, 0.2) is 0 Å². The molecule has 1 saturated carbocycles. The minimum atomic E-state index is -0.342. The first-order valence-electron chi connectivity index (χ1n) is 11.9. The lowest BCUT2D eigenvalue weighted by atomic mass is 9.86. The first-order valence-corrected chi connectivity index (χ1v) is 11.9. The number of nitrogens with zero attached hydrogens (tertiary/aromatic N) is 1. The minimum absolute atomic E-state index is 0.0488. The normalized spacial score (nSPS) is 18.0. The van der Waals surface area contributed by atoms with E-state index in [0.29, 0.717) is 23.7 Å². The van der Waals surface area contributed by atoms with Crippen LogP contribution in [0.4, 0.5) is 0 Å². The van der Waals surface area contributed by atoms with E-state index in [9.17, 15) is 9.59 Å². The summed E-state index contributed by atoms with van der Waals surface area (Å²) in [7, 11) is 0. The third kappa shape index (κ3) is 4.87. The van der Waals surface area contributed by atoms with Gasteiger partial charge in [-0.1, -0.05) is 56.2 Å². The molecule has 1 aliphatic carbocycles. The first kappa shape index (κ1) is 22.8. The zero-order valence-corrected chi connectivity index (χ0v) is 19.6. The van der Waals surface area contributed by atoms with Gasteiger partial charge in [0.05, 0.1) is 17.9 Å². The van der Waals surface area contributed by atoms with Gasteiger partial charge < -0.3 is 14.6 Å². The number of carbonyl (C=O) groups is 2. The summed E-state index contributed by atoms with van der Waals surface area (Å²) >= 11 is 0. The van der Waals surface area contributed by atoms with Crippen molar-refractivity contribution < 1.29 is 14.3 Å². The molecule has 4 rings (SSSR count). The summed E-state index contributed by atoms with van der Waals surface area (Å²) in [4.78, 5) is 25.7. The van der Waals surface area contributed by atoms with E-state index >= 15 is 0 Å². The molecule has 0 radical (unpaired) electrons. The number of hydrogen-bond donors (Lipinski definition) is 1. The van der Waals surface area contributed by atoms with Crippen molar-refractivity contribution in [3.8, 4) is 16.9 Å². The molecule has 0 spiro atoms. The van der Waals surface area contributed by atoms with E-state index in [1.165, 1.54) is 6.42 Å². The lowest BCUT2D eigenvalue weighted by Crippen LogP contribution is -2.41. The van der Waals surface area contributed by atoms with Crippen LogP contribution < -0.4 is 5.32 Å². The number of amides is 1. The quantitative estimate of drug-likeness (QED) is 0.479. The SMILES string of the molecule is CCOC(=O)c1cc(-c2ccccc2)n(-c2cccc(C(=O)NC3CCCCC3C)c2)c1C. The number of carbonyl (C=O) groups excluding carboxylic acids is 2. The molecule has 1 heterocycles. The molecule has 1 aliphatic rings. The van der Waals surface area contributed by atoms with Crippen LogP contribution in [0.5, 0.6) is 0 Å². The standard InChI is InChI=1S/C28H32N2O3/c1-4-33-28(32)24-18-26(21-12-6-5-7-13-21)30(20(24)3)23-15-10-14-22(17-23)27(31)29-25-16-9-8-11-19(25)2/h5-7,10,12-15,17-19,25H,4,8-9,11,16H2,1-3H3,(H,29,31). The van der Waals surface area contributed by atoms with Gasteiger partial charge in [-0.25, -0.2) is 4.79 Å². The molecule has 1 fully saturated rings. The van der Waals surface area contributed by atoms with Gasteiger partial charge >= 0.3 is 5.97 Å². The predicted molar refractivity (Wildman–Crippen MR) is 131 cm³/mol. The summed E-state index contributed by atoms with van der Waals surface area (Å²) in [6.45, 7) is 6.25.